The van der Waals surface area contributed by atoms with Gasteiger partial charge in [-0.1, -0.05) is 6.07 Å². The number of piperidine rings is 1. The third-order valence-electron chi connectivity index (χ3n) is 7.08. The Morgan fingerprint density at radius 3 is 2.62 bits per heavy atom. The monoisotopic (exact) mass is 449 g/mol. The number of carbonyl (C=O) groups excluding carboxylic acids is 2. The predicted molar refractivity (Wildman–Crippen MR) is 117 cm³/mol. The van der Waals surface area contributed by atoms with Crippen LogP contribution >= 0.6 is 0 Å². The molecule has 1 atom stereocenters. The number of fused-ring (bicyclic) bond motifs is 1. The van der Waals surface area contributed by atoms with E-state index < -0.39 is 17.2 Å². The molecule has 1 aromatic carbocycles. The number of nitrogens with zero attached hydrogens (tertiary/aromatic N) is 4. The maximum atomic E-state index is 14.8. The number of imide groups is 1. The summed E-state index contributed by atoms with van der Waals surface area (Å²) in [5, 5.41) is 2.10. The summed E-state index contributed by atoms with van der Waals surface area (Å²) in [5.74, 6) is -3.15. The van der Waals surface area contributed by atoms with Gasteiger partial charge in [0, 0.05) is 32.6 Å². The number of aryl methyl sites for hydroxylation is 1. The van der Waals surface area contributed by atoms with E-state index in [9.17, 15) is 23.2 Å². The molecule has 0 radical (unpaired) electrons. The Bertz CT molecular complexity index is 1100. The summed E-state index contributed by atoms with van der Waals surface area (Å²) in [7, 11) is 3.40. The van der Waals surface area contributed by atoms with Gasteiger partial charge in [-0.3, -0.25) is 24.0 Å². The number of para-hydroxylation sites is 1. The van der Waals surface area contributed by atoms with Crippen LogP contribution in [0.5, 0.6) is 0 Å². The molecule has 0 saturated carbocycles. The Balaban J connectivity index is 1.62. The van der Waals surface area contributed by atoms with E-state index in [1.54, 1.807) is 28.1 Å². The lowest BCUT2D eigenvalue weighted by Gasteiger charge is -2.58. The molecular formula is C22H29F2N5O3. The van der Waals surface area contributed by atoms with Crippen molar-refractivity contribution in [1.82, 2.24) is 19.4 Å². The minimum atomic E-state index is -2.75. The molecule has 1 aromatic heterocycles. The van der Waals surface area contributed by atoms with E-state index in [-0.39, 0.29) is 37.8 Å². The number of nitrogens with one attached hydrogen (secondary N) is 1. The molecular weight excluding hydrogens is 420 g/mol. The Labute approximate surface area is 184 Å². The van der Waals surface area contributed by atoms with Crippen molar-refractivity contribution in [3.05, 3.63) is 28.7 Å². The van der Waals surface area contributed by atoms with E-state index in [4.69, 9.17) is 0 Å². The number of anilines is 1. The second-order valence-corrected chi connectivity index (χ2v) is 9.26. The molecule has 32 heavy (non-hydrogen) atoms. The van der Waals surface area contributed by atoms with Crippen LogP contribution in [0, 0.1) is 5.41 Å². The van der Waals surface area contributed by atoms with Crippen LogP contribution in [-0.4, -0.2) is 65.5 Å². The largest absolute Gasteiger partial charge is 0.368 e. The van der Waals surface area contributed by atoms with E-state index in [1.807, 2.05) is 30.0 Å². The average Bonchev–Trinajstić information content (AvgIpc) is 2.95. The number of hydrogen-bond acceptors (Lipinski definition) is 5. The molecule has 4 rings (SSSR count). The van der Waals surface area contributed by atoms with Gasteiger partial charge in [-0.25, -0.2) is 13.6 Å². The molecule has 1 N–H and O–H groups in total. The van der Waals surface area contributed by atoms with Crippen LogP contribution in [0.25, 0.3) is 11.0 Å². The minimum Gasteiger partial charge on any atom is -0.368 e. The summed E-state index contributed by atoms with van der Waals surface area (Å²) >= 11 is 0. The number of likely N-dealkylation sites (tertiary alicyclic amines) is 1. The first-order chi connectivity index (χ1) is 15.1. The number of alkyl halides is 2. The topological polar surface area (TPSA) is 79.6 Å². The number of hydrogen-bond donors (Lipinski definition) is 1. The summed E-state index contributed by atoms with van der Waals surface area (Å²) in [6.45, 7) is 2.79. The number of aromatic nitrogens is 2. The van der Waals surface area contributed by atoms with Gasteiger partial charge < -0.3 is 9.80 Å². The maximum Gasteiger partial charge on any atom is 0.329 e. The highest BCUT2D eigenvalue weighted by molar-refractivity contribution is 5.90. The van der Waals surface area contributed by atoms with Crippen LogP contribution in [0.2, 0.25) is 0 Å². The molecule has 3 heterocycles. The van der Waals surface area contributed by atoms with Crippen molar-refractivity contribution >= 4 is 29.0 Å². The summed E-state index contributed by atoms with van der Waals surface area (Å²) in [4.78, 5) is 38.7. The van der Waals surface area contributed by atoms with Crippen molar-refractivity contribution in [2.24, 2.45) is 12.5 Å². The second-order valence-electron chi connectivity index (χ2n) is 9.26. The number of rotatable bonds is 6. The third kappa shape index (κ3) is 3.50. The van der Waals surface area contributed by atoms with E-state index in [1.165, 1.54) is 0 Å². The minimum absolute atomic E-state index is 0.112. The number of carbonyl (C=O) groups is 2. The molecule has 2 aliphatic heterocycles. The Morgan fingerprint density at radius 2 is 1.97 bits per heavy atom. The number of amides is 2. The van der Waals surface area contributed by atoms with Crippen molar-refractivity contribution < 1.29 is 18.4 Å². The second kappa shape index (κ2) is 7.99. The first-order valence-corrected chi connectivity index (χ1v) is 10.8. The van der Waals surface area contributed by atoms with Gasteiger partial charge in [0.05, 0.1) is 28.7 Å². The average molecular weight is 450 g/mol. The van der Waals surface area contributed by atoms with Crippen LogP contribution in [0.1, 0.15) is 32.2 Å². The van der Waals surface area contributed by atoms with Gasteiger partial charge in [0.25, 0.3) is 5.92 Å². The van der Waals surface area contributed by atoms with Crippen LogP contribution in [-0.2, 0) is 16.6 Å². The first-order valence-electron chi connectivity index (χ1n) is 10.8. The fourth-order valence-electron chi connectivity index (χ4n) is 5.12. The summed E-state index contributed by atoms with van der Waals surface area (Å²) in [5.41, 5.74) is 0.924. The molecule has 2 aromatic rings. The quantitative estimate of drug-likeness (QED) is 0.680. The number of imidazole rings is 1. The molecule has 0 aliphatic carbocycles. The van der Waals surface area contributed by atoms with E-state index in [0.29, 0.717) is 36.8 Å². The van der Waals surface area contributed by atoms with Gasteiger partial charge in [0.15, 0.2) is 0 Å². The normalized spacial score (nSPS) is 20.8. The van der Waals surface area contributed by atoms with Crippen LogP contribution in [0.4, 0.5) is 14.5 Å². The van der Waals surface area contributed by atoms with Gasteiger partial charge in [-0.05, 0) is 45.5 Å². The number of halogens is 2. The fraction of sp³-hybridized carbons (Fsp3) is 0.591. The lowest BCUT2D eigenvalue weighted by Crippen LogP contribution is -2.70. The highest BCUT2D eigenvalue weighted by Crippen LogP contribution is 2.51. The zero-order valence-electron chi connectivity index (χ0n) is 18.6. The van der Waals surface area contributed by atoms with Crippen molar-refractivity contribution in [3.8, 4) is 0 Å². The summed E-state index contributed by atoms with van der Waals surface area (Å²) in [6, 6.07) is 5.26. The molecule has 1 unspecified atom stereocenters. The molecule has 10 heteroatoms. The molecule has 2 fully saturated rings. The van der Waals surface area contributed by atoms with Crippen molar-refractivity contribution in [2.45, 2.75) is 38.2 Å². The van der Waals surface area contributed by atoms with Gasteiger partial charge in [0.1, 0.15) is 0 Å². The van der Waals surface area contributed by atoms with Crippen molar-refractivity contribution in [2.75, 3.05) is 38.1 Å². The van der Waals surface area contributed by atoms with Gasteiger partial charge in [-0.15, -0.1) is 0 Å². The van der Waals surface area contributed by atoms with Gasteiger partial charge in [-0.2, -0.15) is 0 Å². The van der Waals surface area contributed by atoms with E-state index in [2.05, 4.69) is 5.32 Å². The molecule has 1 spiro atoms. The van der Waals surface area contributed by atoms with E-state index in [0.717, 1.165) is 5.69 Å². The zero-order valence-corrected chi connectivity index (χ0v) is 18.6. The summed E-state index contributed by atoms with van der Waals surface area (Å²) < 4.78 is 32.8. The van der Waals surface area contributed by atoms with Gasteiger partial charge >= 0.3 is 5.69 Å². The standard InChI is InChI=1S/C22H29F2N5O3/c1-15(7-8-18(31)25-14-30)29-17-6-4-5-16(19(17)27(3)20(29)32)28-11-21(12-28)9-10-26(2)13-22(21,23)24/h4-6,14-15H,7-13H2,1-3H3,(H,25,30,31). The number of benzene rings is 1. The Kier molecular flexibility index (Phi) is 5.60. The third-order valence-corrected chi connectivity index (χ3v) is 7.08. The SMILES string of the molecule is CC(CCC(=O)NC=O)n1c(=O)n(C)c2c(N3CC4(CCN(C)CC4(F)F)C3)cccc21. The lowest BCUT2D eigenvalue weighted by atomic mass is 9.69. The highest BCUT2D eigenvalue weighted by atomic mass is 19.3. The maximum absolute atomic E-state index is 14.8. The molecule has 8 nitrogen and oxygen atoms in total. The zero-order chi connectivity index (χ0) is 23.3. The molecule has 0 bridgehead atoms. The highest BCUT2D eigenvalue weighted by Gasteiger charge is 2.62. The summed E-state index contributed by atoms with van der Waals surface area (Å²) in [6.07, 6.45) is 1.29. The van der Waals surface area contributed by atoms with Crippen molar-refractivity contribution in [3.63, 3.8) is 0 Å². The van der Waals surface area contributed by atoms with Crippen LogP contribution in [0.3, 0.4) is 0 Å². The van der Waals surface area contributed by atoms with Gasteiger partial charge in [0.2, 0.25) is 12.3 Å². The predicted octanol–water partition coefficient (Wildman–Crippen LogP) is 1.73. The fourth-order valence-corrected chi connectivity index (χ4v) is 5.12. The molecule has 2 aliphatic rings. The van der Waals surface area contributed by atoms with Crippen molar-refractivity contribution in [1.29, 1.82) is 0 Å². The smallest absolute Gasteiger partial charge is 0.329 e. The van der Waals surface area contributed by atoms with E-state index >= 15 is 0 Å². The Hall–Kier alpha value is -2.75. The molecule has 174 valence electrons. The van der Waals surface area contributed by atoms with Crippen LogP contribution < -0.4 is 15.9 Å². The molecule has 2 amide bonds. The Morgan fingerprint density at radius 1 is 1.25 bits per heavy atom. The lowest BCUT2D eigenvalue weighted by molar-refractivity contribution is -0.175. The van der Waals surface area contributed by atoms with Crippen LogP contribution in [0.15, 0.2) is 23.0 Å². The first kappa shape index (κ1) is 22.4. The molecule has 2 saturated heterocycles.